The Morgan fingerprint density at radius 3 is 2.17 bits per heavy atom. The summed E-state index contributed by atoms with van der Waals surface area (Å²) >= 11 is 9.61. The Morgan fingerprint density at radius 2 is 1.60 bits per heavy atom. The molecule has 11 heteroatoms. The Kier molecular flexibility index (Phi) is 10.3. The van der Waals surface area contributed by atoms with Crippen LogP contribution in [0.1, 0.15) is 11.1 Å². The second-order valence-electron chi connectivity index (χ2n) is 7.21. The van der Waals surface area contributed by atoms with Crippen LogP contribution >= 0.6 is 27.5 Å². The molecule has 0 spiro atoms. The largest absolute Gasteiger partial charge is 0.497 e. The normalized spacial score (nSPS) is 11.3. The Bertz CT molecular complexity index is 1140. The first-order valence-electron chi connectivity index (χ1n) is 10.5. The van der Waals surface area contributed by atoms with Crippen LogP contribution in [0.3, 0.4) is 0 Å². The van der Waals surface area contributed by atoms with E-state index < -0.39 is 6.10 Å². The third-order valence-corrected chi connectivity index (χ3v) is 5.55. The molecule has 184 valence electrons. The van der Waals surface area contributed by atoms with E-state index in [0.717, 1.165) is 22.6 Å². The van der Waals surface area contributed by atoms with Crippen molar-refractivity contribution in [3.8, 4) is 23.1 Å². The summed E-state index contributed by atoms with van der Waals surface area (Å²) in [6.45, 7) is 0.780. The van der Waals surface area contributed by atoms with Gasteiger partial charge in [0.05, 0.1) is 38.5 Å². The number of rotatable bonds is 13. The maximum absolute atomic E-state index is 8.80. The smallest absolute Gasteiger partial charge is 0.260 e. The minimum Gasteiger partial charge on any atom is -0.497 e. The zero-order valence-corrected chi connectivity index (χ0v) is 21.5. The Morgan fingerprint density at radius 1 is 1.00 bits per heavy atom. The van der Waals surface area contributed by atoms with Gasteiger partial charge in [-0.1, -0.05) is 41.0 Å². The maximum Gasteiger partial charge on any atom is 0.260 e. The van der Waals surface area contributed by atoms with E-state index in [-0.39, 0.29) is 30.8 Å². The fraction of sp³-hybridized carbons (Fsp3) is 0.292. The van der Waals surface area contributed by atoms with Crippen molar-refractivity contribution in [3.05, 3.63) is 85.8 Å². The molecule has 0 aliphatic heterocycles. The third-order valence-electron chi connectivity index (χ3n) is 4.77. The van der Waals surface area contributed by atoms with Crippen molar-refractivity contribution in [1.82, 2.24) is 4.98 Å². The van der Waals surface area contributed by atoms with Crippen molar-refractivity contribution in [1.29, 1.82) is 0 Å². The number of halogens is 2. The van der Waals surface area contributed by atoms with Crippen molar-refractivity contribution in [2.24, 2.45) is 5.11 Å². The highest BCUT2D eigenvalue weighted by Crippen LogP contribution is 2.37. The van der Waals surface area contributed by atoms with Gasteiger partial charge >= 0.3 is 0 Å². The quantitative estimate of drug-likeness (QED) is 0.103. The fourth-order valence-corrected chi connectivity index (χ4v) is 3.80. The summed E-state index contributed by atoms with van der Waals surface area (Å²) in [5, 5.41) is 3.85. The molecule has 0 radical (unpaired) electrons. The van der Waals surface area contributed by atoms with Gasteiger partial charge in [-0.2, -0.15) is 4.98 Å². The average Bonchev–Trinajstić information content (AvgIpc) is 2.87. The molecule has 0 bridgehead atoms. The molecule has 0 amide bonds. The molecular weight excluding hydrogens is 540 g/mol. The first-order valence-corrected chi connectivity index (χ1v) is 11.7. The zero-order chi connectivity index (χ0) is 25.0. The number of hydrogen-bond acceptors (Lipinski definition) is 7. The molecule has 3 rings (SSSR count). The lowest BCUT2D eigenvalue weighted by Gasteiger charge is -2.20. The van der Waals surface area contributed by atoms with E-state index in [2.05, 4.69) is 30.9 Å². The number of methoxy groups -OCH3 is 2. The average molecular weight is 564 g/mol. The van der Waals surface area contributed by atoms with Gasteiger partial charge in [0.2, 0.25) is 0 Å². The Labute approximate surface area is 216 Å². The molecule has 0 aliphatic carbocycles. The van der Waals surface area contributed by atoms with Gasteiger partial charge in [-0.15, -0.1) is 0 Å². The van der Waals surface area contributed by atoms with E-state index in [1.165, 1.54) is 0 Å². The number of ether oxygens (including phenoxy) is 5. The van der Waals surface area contributed by atoms with Crippen LogP contribution in [0.15, 0.2) is 64.2 Å². The predicted octanol–water partition coefficient (Wildman–Crippen LogP) is 6.37. The van der Waals surface area contributed by atoms with Crippen LogP contribution in [0.2, 0.25) is 5.15 Å². The SMILES string of the molecule is COc1ccc(COCC(CN=[N+]=[N-])Oc2nc(Cl)cc(Br)c2OCc2ccc(OC)cc2)cc1. The van der Waals surface area contributed by atoms with Crippen LogP contribution in [-0.4, -0.2) is 38.5 Å². The molecule has 35 heavy (non-hydrogen) atoms. The molecule has 0 saturated heterocycles. The van der Waals surface area contributed by atoms with Crippen LogP contribution in [0.4, 0.5) is 0 Å². The van der Waals surface area contributed by atoms with Crippen LogP contribution in [0, 0.1) is 0 Å². The number of pyridine rings is 1. The first kappa shape index (κ1) is 26.4. The summed E-state index contributed by atoms with van der Waals surface area (Å²) in [4.78, 5) is 7.10. The molecule has 1 heterocycles. The summed E-state index contributed by atoms with van der Waals surface area (Å²) in [5.41, 5.74) is 10.7. The van der Waals surface area contributed by atoms with Gasteiger partial charge in [-0.3, -0.25) is 0 Å². The lowest BCUT2D eigenvalue weighted by atomic mass is 10.2. The van der Waals surface area contributed by atoms with Gasteiger partial charge in [0.25, 0.3) is 5.88 Å². The summed E-state index contributed by atoms with van der Waals surface area (Å²) in [6, 6.07) is 16.6. The van der Waals surface area contributed by atoms with E-state index in [1.54, 1.807) is 20.3 Å². The van der Waals surface area contributed by atoms with Crippen molar-refractivity contribution in [2.45, 2.75) is 19.3 Å². The fourth-order valence-electron chi connectivity index (χ4n) is 2.98. The second-order valence-corrected chi connectivity index (χ2v) is 8.46. The van der Waals surface area contributed by atoms with Crippen LogP contribution < -0.4 is 18.9 Å². The minimum atomic E-state index is -0.620. The molecule has 0 N–H and O–H groups in total. The minimum absolute atomic E-state index is 0.0306. The van der Waals surface area contributed by atoms with E-state index in [1.807, 2.05) is 48.5 Å². The molecule has 0 aliphatic rings. The lowest BCUT2D eigenvalue weighted by Crippen LogP contribution is -2.27. The standard InChI is InChI=1S/C24H24BrClN4O5/c1-31-18-7-3-16(4-8-18)13-33-15-20(12-28-30-27)35-24-23(21(25)11-22(26)29-24)34-14-17-5-9-19(32-2)10-6-17/h3-11,20H,12-15H2,1-2H3. The third kappa shape index (κ3) is 8.22. The van der Waals surface area contributed by atoms with Gasteiger partial charge < -0.3 is 23.7 Å². The zero-order valence-electron chi connectivity index (χ0n) is 19.2. The highest BCUT2D eigenvalue weighted by Gasteiger charge is 2.19. The summed E-state index contributed by atoms with van der Waals surface area (Å²) in [7, 11) is 3.22. The van der Waals surface area contributed by atoms with Crippen molar-refractivity contribution >= 4 is 27.5 Å². The van der Waals surface area contributed by atoms with Gasteiger partial charge in [0.15, 0.2) is 5.75 Å². The van der Waals surface area contributed by atoms with Gasteiger partial charge in [-0.25, -0.2) is 0 Å². The van der Waals surface area contributed by atoms with Crippen molar-refractivity contribution in [2.75, 3.05) is 27.4 Å². The van der Waals surface area contributed by atoms with E-state index >= 15 is 0 Å². The highest BCUT2D eigenvalue weighted by atomic mass is 79.9. The van der Waals surface area contributed by atoms with Gasteiger partial charge in [0.1, 0.15) is 29.4 Å². The molecule has 2 aromatic carbocycles. The predicted molar refractivity (Wildman–Crippen MR) is 135 cm³/mol. The first-order chi connectivity index (χ1) is 17.0. The molecule has 1 atom stereocenters. The lowest BCUT2D eigenvalue weighted by molar-refractivity contribution is 0.0411. The van der Waals surface area contributed by atoms with Crippen molar-refractivity contribution < 1.29 is 23.7 Å². The van der Waals surface area contributed by atoms with E-state index in [4.69, 9.17) is 40.8 Å². The molecule has 0 fully saturated rings. The molecule has 1 aromatic heterocycles. The van der Waals surface area contributed by atoms with Crippen LogP contribution in [0.5, 0.6) is 23.1 Å². The number of benzene rings is 2. The highest BCUT2D eigenvalue weighted by molar-refractivity contribution is 9.10. The number of aromatic nitrogens is 1. The summed E-state index contributed by atoms with van der Waals surface area (Å²) in [6.07, 6.45) is -0.620. The summed E-state index contributed by atoms with van der Waals surface area (Å²) < 4.78 is 28.7. The van der Waals surface area contributed by atoms with Gasteiger partial charge in [-0.05, 0) is 62.9 Å². The van der Waals surface area contributed by atoms with E-state index in [0.29, 0.717) is 16.8 Å². The van der Waals surface area contributed by atoms with Crippen molar-refractivity contribution in [3.63, 3.8) is 0 Å². The second kappa shape index (κ2) is 13.7. The molecule has 1 unspecified atom stereocenters. The molecular formula is C24H24BrClN4O5. The van der Waals surface area contributed by atoms with Crippen LogP contribution in [-0.2, 0) is 18.0 Å². The van der Waals surface area contributed by atoms with Crippen LogP contribution in [0.25, 0.3) is 10.4 Å². The topological polar surface area (TPSA) is 108 Å². The molecule has 0 saturated carbocycles. The monoisotopic (exact) mass is 562 g/mol. The number of azide groups is 1. The Balaban J connectivity index is 1.69. The number of nitrogens with zero attached hydrogens (tertiary/aromatic N) is 4. The number of hydrogen-bond donors (Lipinski definition) is 0. The molecule has 3 aromatic rings. The van der Waals surface area contributed by atoms with Gasteiger partial charge in [0, 0.05) is 4.91 Å². The maximum atomic E-state index is 8.80. The van der Waals surface area contributed by atoms with E-state index in [9.17, 15) is 0 Å². The Hall–Kier alpha value is -3.17. The summed E-state index contributed by atoms with van der Waals surface area (Å²) in [5.74, 6) is 2.04. The molecule has 9 nitrogen and oxygen atoms in total.